The first-order chi connectivity index (χ1) is 13.7. The maximum Gasteiger partial charge on any atom is 0.321 e. The summed E-state index contributed by atoms with van der Waals surface area (Å²) in [7, 11) is 0. The van der Waals surface area contributed by atoms with Gasteiger partial charge in [-0.2, -0.15) is 5.26 Å². The summed E-state index contributed by atoms with van der Waals surface area (Å²) < 4.78 is 0. The largest absolute Gasteiger partial charge is 0.325 e. The summed E-state index contributed by atoms with van der Waals surface area (Å²) in [6.07, 6.45) is 1.50. The number of hydrogen-bond donors (Lipinski definition) is 1. The SMILES string of the molecule is N#CCN(Cc1ccccc1)C(=O)C1CCCN(C(=O)Nc2ccccc2)C1. The normalized spacial score (nSPS) is 16.1. The Balaban J connectivity index is 1.63. The molecule has 0 radical (unpaired) electrons. The fraction of sp³-hybridized carbons (Fsp3) is 0.318. The van der Waals surface area contributed by atoms with E-state index in [2.05, 4.69) is 11.4 Å². The summed E-state index contributed by atoms with van der Waals surface area (Å²) in [5.41, 5.74) is 1.72. The van der Waals surface area contributed by atoms with Crippen LogP contribution >= 0.6 is 0 Å². The lowest BCUT2D eigenvalue weighted by Crippen LogP contribution is -2.47. The highest BCUT2D eigenvalue weighted by molar-refractivity contribution is 5.90. The number of nitrogens with one attached hydrogen (secondary N) is 1. The summed E-state index contributed by atoms with van der Waals surface area (Å²) in [4.78, 5) is 28.9. The number of carbonyl (C=O) groups is 2. The number of urea groups is 1. The van der Waals surface area contributed by atoms with Crippen LogP contribution < -0.4 is 5.32 Å². The third-order valence-corrected chi connectivity index (χ3v) is 4.87. The van der Waals surface area contributed by atoms with E-state index in [1.54, 1.807) is 9.80 Å². The van der Waals surface area contributed by atoms with Crippen LogP contribution in [0.25, 0.3) is 0 Å². The predicted molar refractivity (Wildman–Crippen MR) is 107 cm³/mol. The molecule has 144 valence electrons. The molecular formula is C22H24N4O2. The Labute approximate surface area is 165 Å². The van der Waals surface area contributed by atoms with E-state index in [0.29, 0.717) is 19.6 Å². The number of benzene rings is 2. The van der Waals surface area contributed by atoms with E-state index in [1.165, 1.54) is 0 Å². The van der Waals surface area contributed by atoms with Gasteiger partial charge in [0.15, 0.2) is 0 Å². The molecule has 1 unspecified atom stereocenters. The third kappa shape index (κ3) is 5.10. The van der Waals surface area contributed by atoms with Crippen LogP contribution in [0, 0.1) is 17.2 Å². The van der Waals surface area contributed by atoms with Gasteiger partial charge in [-0.3, -0.25) is 4.79 Å². The molecule has 0 bridgehead atoms. The second-order valence-corrected chi connectivity index (χ2v) is 6.92. The lowest BCUT2D eigenvalue weighted by Gasteiger charge is -2.34. The standard InChI is InChI=1S/C22H24N4O2/c23-13-15-25(16-18-8-3-1-4-9-18)21(27)19-10-7-14-26(17-19)22(28)24-20-11-5-2-6-12-20/h1-6,8-9,11-12,19H,7,10,14-17H2,(H,24,28). The Morgan fingerprint density at radius 2 is 1.79 bits per heavy atom. The average molecular weight is 376 g/mol. The highest BCUT2D eigenvalue weighted by Crippen LogP contribution is 2.21. The van der Waals surface area contributed by atoms with E-state index in [1.807, 2.05) is 60.7 Å². The van der Waals surface area contributed by atoms with Crippen LogP contribution in [0.4, 0.5) is 10.5 Å². The van der Waals surface area contributed by atoms with E-state index < -0.39 is 0 Å². The van der Waals surface area contributed by atoms with Crippen molar-refractivity contribution in [3.05, 3.63) is 66.2 Å². The molecule has 3 amide bonds. The van der Waals surface area contributed by atoms with Gasteiger partial charge in [0, 0.05) is 25.3 Å². The number of nitrogens with zero attached hydrogens (tertiary/aromatic N) is 3. The summed E-state index contributed by atoms with van der Waals surface area (Å²) in [6.45, 7) is 1.44. The van der Waals surface area contributed by atoms with E-state index >= 15 is 0 Å². The highest BCUT2D eigenvalue weighted by Gasteiger charge is 2.31. The molecule has 6 heteroatoms. The van der Waals surface area contributed by atoms with Gasteiger partial charge in [0.1, 0.15) is 6.54 Å². The molecule has 3 rings (SSSR count). The zero-order chi connectivity index (χ0) is 19.8. The van der Waals surface area contributed by atoms with Crippen molar-refractivity contribution in [1.82, 2.24) is 9.80 Å². The number of carbonyl (C=O) groups excluding carboxylic acids is 2. The quantitative estimate of drug-likeness (QED) is 0.812. The van der Waals surface area contributed by atoms with Gasteiger partial charge in [-0.15, -0.1) is 0 Å². The minimum Gasteiger partial charge on any atom is -0.325 e. The lowest BCUT2D eigenvalue weighted by atomic mass is 9.96. The highest BCUT2D eigenvalue weighted by atomic mass is 16.2. The molecule has 0 saturated carbocycles. The summed E-state index contributed by atoms with van der Waals surface area (Å²) >= 11 is 0. The zero-order valence-electron chi connectivity index (χ0n) is 15.8. The number of piperidine rings is 1. The van der Waals surface area contributed by atoms with Gasteiger partial charge in [-0.05, 0) is 30.5 Å². The Hall–Kier alpha value is -3.33. The smallest absolute Gasteiger partial charge is 0.321 e. The van der Waals surface area contributed by atoms with E-state index in [4.69, 9.17) is 5.26 Å². The van der Waals surface area contributed by atoms with Crippen molar-refractivity contribution in [2.24, 2.45) is 5.92 Å². The first-order valence-electron chi connectivity index (χ1n) is 9.48. The summed E-state index contributed by atoms with van der Waals surface area (Å²) in [6, 6.07) is 20.8. The van der Waals surface area contributed by atoms with Crippen LogP contribution in [0.3, 0.4) is 0 Å². The monoisotopic (exact) mass is 376 g/mol. The molecule has 1 atom stereocenters. The second-order valence-electron chi connectivity index (χ2n) is 6.92. The van der Waals surface area contributed by atoms with E-state index in [0.717, 1.165) is 24.1 Å². The predicted octanol–water partition coefficient (Wildman–Crippen LogP) is 3.48. The minimum atomic E-state index is -0.285. The summed E-state index contributed by atoms with van der Waals surface area (Å²) in [5.74, 6) is -0.352. The van der Waals surface area contributed by atoms with Gasteiger partial charge in [0.2, 0.25) is 5.91 Å². The van der Waals surface area contributed by atoms with Gasteiger partial charge in [0.05, 0.1) is 12.0 Å². The molecular weight excluding hydrogens is 352 g/mol. The molecule has 1 aliphatic rings. The molecule has 1 heterocycles. The number of para-hydroxylation sites is 1. The number of amides is 3. The molecule has 28 heavy (non-hydrogen) atoms. The number of anilines is 1. The molecule has 1 saturated heterocycles. The number of hydrogen-bond acceptors (Lipinski definition) is 3. The topological polar surface area (TPSA) is 76.4 Å². The fourth-order valence-electron chi connectivity index (χ4n) is 3.45. The molecule has 1 fully saturated rings. The van der Waals surface area contributed by atoms with Gasteiger partial charge >= 0.3 is 6.03 Å². The number of rotatable bonds is 5. The van der Waals surface area contributed by atoms with Crippen molar-refractivity contribution in [2.45, 2.75) is 19.4 Å². The Kier molecular flexibility index (Phi) is 6.64. The summed E-state index contributed by atoms with van der Waals surface area (Å²) in [5, 5.41) is 12.0. The van der Waals surface area contributed by atoms with Crippen LogP contribution in [0.2, 0.25) is 0 Å². The average Bonchev–Trinajstić information content (AvgIpc) is 2.74. The van der Waals surface area contributed by atoms with Gasteiger partial charge in [-0.1, -0.05) is 48.5 Å². The van der Waals surface area contributed by atoms with Crippen LogP contribution in [0.5, 0.6) is 0 Å². The Morgan fingerprint density at radius 3 is 2.46 bits per heavy atom. The molecule has 0 aliphatic carbocycles. The van der Waals surface area contributed by atoms with Crippen molar-refractivity contribution in [3.8, 4) is 6.07 Å². The van der Waals surface area contributed by atoms with E-state index in [9.17, 15) is 9.59 Å². The Bertz CT molecular complexity index is 833. The van der Waals surface area contributed by atoms with Crippen molar-refractivity contribution in [1.29, 1.82) is 5.26 Å². The molecule has 1 N–H and O–H groups in total. The molecule has 0 aromatic heterocycles. The van der Waals surface area contributed by atoms with Gasteiger partial charge < -0.3 is 15.1 Å². The van der Waals surface area contributed by atoms with Crippen molar-refractivity contribution in [3.63, 3.8) is 0 Å². The van der Waals surface area contributed by atoms with Gasteiger partial charge in [-0.25, -0.2) is 4.79 Å². The molecule has 6 nitrogen and oxygen atoms in total. The zero-order valence-corrected chi connectivity index (χ0v) is 15.8. The number of nitriles is 1. The van der Waals surface area contributed by atoms with Crippen molar-refractivity contribution in [2.75, 3.05) is 25.0 Å². The van der Waals surface area contributed by atoms with Crippen LogP contribution in [0.1, 0.15) is 18.4 Å². The number of likely N-dealkylation sites (tertiary alicyclic amines) is 1. The maximum absolute atomic E-state index is 13.0. The maximum atomic E-state index is 13.0. The van der Waals surface area contributed by atoms with Crippen LogP contribution in [-0.4, -0.2) is 41.4 Å². The molecule has 1 aliphatic heterocycles. The third-order valence-electron chi connectivity index (χ3n) is 4.87. The van der Waals surface area contributed by atoms with Crippen LogP contribution in [0.15, 0.2) is 60.7 Å². The Morgan fingerprint density at radius 1 is 1.11 bits per heavy atom. The van der Waals surface area contributed by atoms with Crippen LogP contribution in [-0.2, 0) is 11.3 Å². The first-order valence-corrected chi connectivity index (χ1v) is 9.48. The lowest BCUT2D eigenvalue weighted by molar-refractivity contribution is -0.136. The van der Waals surface area contributed by atoms with Crippen molar-refractivity contribution >= 4 is 17.6 Å². The first kappa shape index (κ1) is 19.4. The molecule has 0 spiro atoms. The minimum absolute atomic E-state index is 0.0421. The molecule has 2 aromatic carbocycles. The second kappa shape index (κ2) is 9.56. The molecule has 2 aromatic rings. The van der Waals surface area contributed by atoms with Crippen molar-refractivity contribution < 1.29 is 9.59 Å². The van der Waals surface area contributed by atoms with E-state index in [-0.39, 0.29) is 24.4 Å². The van der Waals surface area contributed by atoms with Gasteiger partial charge in [0.25, 0.3) is 0 Å². The fourth-order valence-corrected chi connectivity index (χ4v) is 3.45.